The van der Waals surface area contributed by atoms with E-state index >= 15 is 0 Å². The molecule has 3 rings (SSSR count). The zero-order valence-corrected chi connectivity index (χ0v) is 14.9. The number of alkyl halides is 3. The molecule has 1 aliphatic rings. The highest BCUT2D eigenvalue weighted by Gasteiger charge is 2.37. The molecule has 0 spiro atoms. The van der Waals surface area contributed by atoms with Crippen molar-refractivity contribution in [2.24, 2.45) is 0 Å². The number of hydrogen-bond donors (Lipinski definition) is 2. The Morgan fingerprint density at radius 2 is 1.81 bits per heavy atom. The maximum Gasteiger partial charge on any atom is 0.417 e. The molecule has 2 N–H and O–H groups in total. The van der Waals surface area contributed by atoms with Crippen molar-refractivity contribution in [3.8, 4) is 0 Å². The molecule has 140 valence electrons. The predicted molar refractivity (Wildman–Crippen MR) is 90.2 cm³/mol. The first-order chi connectivity index (χ1) is 12.1. The molecule has 0 atom stereocenters. The van der Waals surface area contributed by atoms with Crippen LogP contribution in [0.1, 0.15) is 39.2 Å². The van der Waals surface area contributed by atoms with Gasteiger partial charge in [0.1, 0.15) is 5.00 Å². The number of carboxylic acids is 1. The van der Waals surface area contributed by atoms with Crippen LogP contribution in [0.2, 0.25) is 0 Å². The Labute approximate surface area is 151 Å². The van der Waals surface area contributed by atoms with Crippen molar-refractivity contribution < 1.29 is 31.5 Å². The molecule has 2 aromatic rings. The van der Waals surface area contributed by atoms with E-state index in [9.17, 15) is 31.5 Å². The summed E-state index contributed by atoms with van der Waals surface area (Å²) in [4.78, 5) is 11.4. The Bertz CT molecular complexity index is 964. The first kappa shape index (κ1) is 18.7. The van der Waals surface area contributed by atoms with Crippen LogP contribution in [-0.2, 0) is 29.0 Å². The van der Waals surface area contributed by atoms with Crippen LogP contribution in [0.3, 0.4) is 0 Å². The molecule has 10 heteroatoms. The number of thiophene rings is 1. The summed E-state index contributed by atoms with van der Waals surface area (Å²) in [7, 11) is -4.61. The third-order valence-corrected chi connectivity index (χ3v) is 6.84. The normalized spacial score (nSPS) is 14.7. The van der Waals surface area contributed by atoms with Gasteiger partial charge in [0.05, 0.1) is 16.0 Å². The lowest BCUT2D eigenvalue weighted by Crippen LogP contribution is -2.19. The van der Waals surface area contributed by atoms with Crippen LogP contribution in [0, 0.1) is 0 Å². The summed E-state index contributed by atoms with van der Waals surface area (Å²) in [6.45, 7) is 0. The average molecular weight is 405 g/mol. The molecule has 1 aromatic carbocycles. The van der Waals surface area contributed by atoms with E-state index in [1.165, 1.54) is 6.07 Å². The third kappa shape index (κ3) is 3.43. The van der Waals surface area contributed by atoms with Crippen LogP contribution in [0.25, 0.3) is 0 Å². The van der Waals surface area contributed by atoms with E-state index in [4.69, 9.17) is 0 Å². The number of sulfonamides is 1. The van der Waals surface area contributed by atoms with Gasteiger partial charge in [0, 0.05) is 4.88 Å². The van der Waals surface area contributed by atoms with Crippen LogP contribution in [0.5, 0.6) is 0 Å². The minimum absolute atomic E-state index is 0.152. The van der Waals surface area contributed by atoms with Gasteiger partial charge in [0.15, 0.2) is 0 Å². The molecule has 1 aliphatic carbocycles. The number of nitrogens with one attached hydrogen (secondary N) is 1. The Morgan fingerprint density at radius 3 is 2.46 bits per heavy atom. The van der Waals surface area contributed by atoms with Crippen molar-refractivity contribution in [3.05, 3.63) is 45.8 Å². The highest BCUT2D eigenvalue weighted by molar-refractivity contribution is 7.93. The number of carboxylic acid groups (broad SMARTS) is 1. The van der Waals surface area contributed by atoms with Gasteiger partial charge in [-0.3, -0.25) is 4.72 Å². The van der Waals surface area contributed by atoms with Crippen molar-refractivity contribution in [1.29, 1.82) is 0 Å². The van der Waals surface area contributed by atoms with Crippen LogP contribution >= 0.6 is 11.3 Å². The molecule has 0 fully saturated rings. The molecular weight excluding hydrogens is 391 g/mol. The second-order valence-electron chi connectivity index (χ2n) is 5.82. The fourth-order valence-corrected chi connectivity index (χ4v) is 5.79. The van der Waals surface area contributed by atoms with Crippen molar-refractivity contribution in [2.75, 3.05) is 4.72 Å². The number of aromatic carboxylic acids is 1. The van der Waals surface area contributed by atoms with E-state index < -0.39 is 32.6 Å². The summed E-state index contributed by atoms with van der Waals surface area (Å²) < 4.78 is 66.6. The highest BCUT2D eigenvalue weighted by Crippen LogP contribution is 2.40. The Kier molecular flexibility index (Phi) is 4.74. The fourth-order valence-electron chi connectivity index (χ4n) is 2.98. The maximum atomic E-state index is 13.1. The summed E-state index contributed by atoms with van der Waals surface area (Å²) in [5.41, 5.74) is -0.904. The lowest BCUT2D eigenvalue weighted by Gasteiger charge is -2.14. The molecule has 0 saturated heterocycles. The second kappa shape index (κ2) is 6.58. The van der Waals surface area contributed by atoms with Gasteiger partial charge in [-0.05, 0) is 43.4 Å². The molecule has 0 saturated carbocycles. The van der Waals surface area contributed by atoms with E-state index in [1.807, 2.05) is 0 Å². The summed E-state index contributed by atoms with van der Waals surface area (Å²) in [5, 5.41) is 9.30. The van der Waals surface area contributed by atoms with Gasteiger partial charge in [-0.1, -0.05) is 12.1 Å². The molecule has 0 radical (unpaired) electrons. The molecule has 5 nitrogen and oxygen atoms in total. The van der Waals surface area contributed by atoms with Gasteiger partial charge in [0.25, 0.3) is 10.0 Å². The van der Waals surface area contributed by atoms with Gasteiger partial charge < -0.3 is 5.11 Å². The van der Waals surface area contributed by atoms with Crippen LogP contribution < -0.4 is 4.72 Å². The summed E-state index contributed by atoms with van der Waals surface area (Å²) in [6.07, 6.45) is -2.08. The standard InChI is InChI=1S/C16H14F3NO4S2/c17-16(18,19)10-6-2-4-8-12(10)26(23,24)20-14-13(15(21)22)9-5-1-3-7-11(9)25-14/h2,4,6,8,20H,1,3,5,7H2,(H,21,22). The fraction of sp³-hybridized carbons (Fsp3) is 0.312. The monoisotopic (exact) mass is 405 g/mol. The Balaban J connectivity index is 2.07. The van der Waals surface area contributed by atoms with Gasteiger partial charge in [-0.2, -0.15) is 13.2 Å². The smallest absolute Gasteiger partial charge is 0.417 e. The van der Waals surface area contributed by atoms with E-state index in [0.29, 0.717) is 24.5 Å². The Morgan fingerprint density at radius 1 is 1.15 bits per heavy atom. The number of rotatable bonds is 4. The summed E-state index contributed by atoms with van der Waals surface area (Å²) in [5.74, 6) is -1.30. The van der Waals surface area contributed by atoms with Gasteiger partial charge >= 0.3 is 12.1 Å². The topological polar surface area (TPSA) is 83.5 Å². The van der Waals surface area contributed by atoms with Crippen molar-refractivity contribution in [1.82, 2.24) is 0 Å². The van der Waals surface area contributed by atoms with Crippen molar-refractivity contribution in [3.63, 3.8) is 0 Å². The summed E-state index contributed by atoms with van der Waals surface area (Å²) in [6, 6.07) is 3.79. The number of fused-ring (bicyclic) bond motifs is 1. The number of hydrogen-bond acceptors (Lipinski definition) is 4. The van der Waals surface area contributed by atoms with Crippen molar-refractivity contribution in [2.45, 2.75) is 36.8 Å². The third-order valence-electron chi connectivity index (χ3n) is 4.09. The quantitative estimate of drug-likeness (QED) is 0.801. The molecule has 0 unspecified atom stereocenters. The first-order valence-electron chi connectivity index (χ1n) is 7.68. The number of benzene rings is 1. The lowest BCUT2D eigenvalue weighted by atomic mass is 9.96. The van der Waals surface area contributed by atoms with E-state index in [1.54, 1.807) is 0 Å². The zero-order valence-electron chi connectivity index (χ0n) is 13.3. The average Bonchev–Trinajstić information content (AvgIpc) is 2.91. The molecule has 1 heterocycles. The highest BCUT2D eigenvalue weighted by atomic mass is 32.2. The lowest BCUT2D eigenvalue weighted by molar-refractivity contribution is -0.139. The molecule has 1 aromatic heterocycles. The number of halogens is 3. The van der Waals surface area contributed by atoms with Crippen molar-refractivity contribution >= 4 is 32.3 Å². The number of carbonyl (C=O) groups is 1. The van der Waals surface area contributed by atoms with Gasteiger partial charge in [-0.15, -0.1) is 11.3 Å². The number of anilines is 1. The molecule has 26 heavy (non-hydrogen) atoms. The van der Waals surface area contributed by atoms with Crippen LogP contribution in [-0.4, -0.2) is 19.5 Å². The predicted octanol–water partition coefficient (Wildman–Crippen LogP) is 4.14. The van der Waals surface area contributed by atoms with Gasteiger partial charge in [0.2, 0.25) is 0 Å². The van der Waals surface area contributed by atoms with E-state index in [-0.39, 0.29) is 10.6 Å². The minimum atomic E-state index is -4.85. The van der Waals surface area contributed by atoms with Crippen LogP contribution in [0.15, 0.2) is 29.2 Å². The SMILES string of the molecule is O=C(O)c1c(NS(=O)(=O)c2ccccc2C(F)(F)F)sc2c1CCCC2. The molecule has 0 aliphatic heterocycles. The van der Waals surface area contributed by atoms with Crippen LogP contribution in [0.4, 0.5) is 18.2 Å². The van der Waals surface area contributed by atoms with Gasteiger partial charge in [-0.25, -0.2) is 13.2 Å². The molecule has 0 bridgehead atoms. The largest absolute Gasteiger partial charge is 0.478 e. The Hall–Kier alpha value is -2.07. The molecule has 0 amide bonds. The zero-order chi connectivity index (χ0) is 19.1. The maximum absolute atomic E-state index is 13.1. The second-order valence-corrected chi connectivity index (χ2v) is 8.58. The van der Waals surface area contributed by atoms with E-state index in [2.05, 4.69) is 4.72 Å². The number of aryl methyl sites for hydroxylation is 1. The summed E-state index contributed by atoms with van der Waals surface area (Å²) >= 11 is 0.973. The molecular formula is C16H14F3NO4S2. The minimum Gasteiger partial charge on any atom is -0.478 e. The van der Waals surface area contributed by atoms with E-state index in [0.717, 1.165) is 41.2 Å². The first-order valence-corrected chi connectivity index (χ1v) is 9.98.